The summed E-state index contributed by atoms with van der Waals surface area (Å²) in [5, 5.41) is 17.4. The third kappa shape index (κ3) is 4.33. The summed E-state index contributed by atoms with van der Waals surface area (Å²) in [4.78, 5) is 14.0. The maximum absolute atomic E-state index is 12.5. The van der Waals surface area contributed by atoms with Crippen LogP contribution in [0.15, 0.2) is 53.3 Å². The molecular weight excluding hydrogens is 320 g/mol. The van der Waals surface area contributed by atoms with Crippen molar-refractivity contribution in [3.8, 4) is 0 Å². The molecule has 0 saturated carbocycles. The lowest BCUT2D eigenvalue weighted by Gasteiger charge is -2.19. The third-order valence-corrected chi connectivity index (χ3v) is 3.75. The molecule has 7 heteroatoms. The van der Waals surface area contributed by atoms with E-state index in [2.05, 4.69) is 10.3 Å². The molecule has 0 bridgehead atoms. The zero-order chi connectivity index (χ0) is 17.6. The van der Waals surface area contributed by atoms with Crippen molar-refractivity contribution in [1.82, 2.24) is 19.8 Å². The van der Waals surface area contributed by atoms with E-state index >= 15 is 0 Å². The number of nitrogens with zero attached hydrogens (tertiary/aromatic N) is 4. The smallest absolute Gasteiger partial charge is 0.276 e. The highest BCUT2D eigenvalue weighted by Gasteiger charge is 2.19. The van der Waals surface area contributed by atoms with E-state index < -0.39 is 0 Å². The summed E-state index contributed by atoms with van der Waals surface area (Å²) in [5.74, 6) is 0.296. The van der Waals surface area contributed by atoms with Crippen molar-refractivity contribution in [2.45, 2.75) is 20.0 Å². The van der Waals surface area contributed by atoms with Crippen LogP contribution < -0.4 is 0 Å². The van der Waals surface area contributed by atoms with Crippen LogP contribution in [-0.4, -0.2) is 44.0 Å². The fraction of sp³-hybridized carbons (Fsp3) is 0.278. The summed E-state index contributed by atoms with van der Waals surface area (Å²) in [6.07, 6.45) is 3.63. The first-order valence-electron chi connectivity index (χ1n) is 8.04. The van der Waals surface area contributed by atoms with Gasteiger partial charge in [-0.3, -0.25) is 9.48 Å². The van der Waals surface area contributed by atoms with E-state index in [1.807, 2.05) is 41.2 Å². The van der Waals surface area contributed by atoms with Gasteiger partial charge in [0, 0.05) is 30.9 Å². The Bertz CT molecular complexity index is 826. The Morgan fingerprint density at radius 2 is 2.08 bits per heavy atom. The van der Waals surface area contributed by atoms with Gasteiger partial charge in [0.1, 0.15) is 5.76 Å². The number of aryl methyl sites for hydroxylation is 1. The maximum atomic E-state index is 12.5. The molecule has 0 aliphatic heterocycles. The first-order valence-corrected chi connectivity index (χ1v) is 8.04. The van der Waals surface area contributed by atoms with Crippen LogP contribution in [0.5, 0.6) is 0 Å². The number of aromatic nitrogens is 3. The topological polar surface area (TPSA) is 84.4 Å². The van der Waals surface area contributed by atoms with E-state index in [0.717, 1.165) is 11.1 Å². The normalized spacial score (nSPS) is 10.8. The number of hydrogen-bond donors (Lipinski definition) is 1. The molecule has 0 unspecified atom stereocenters. The number of aliphatic hydroxyl groups excluding tert-OH is 1. The van der Waals surface area contributed by atoms with Crippen LogP contribution in [-0.2, 0) is 13.1 Å². The van der Waals surface area contributed by atoms with Crippen molar-refractivity contribution in [1.29, 1.82) is 0 Å². The molecule has 130 valence electrons. The Labute approximate surface area is 145 Å². The molecule has 0 radical (unpaired) electrons. The number of hydrogen-bond acceptors (Lipinski definition) is 5. The molecule has 0 aliphatic carbocycles. The largest absolute Gasteiger partial charge is 0.395 e. The minimum atomic E-state index is -0.276. The molecule has 2 aromatic heterocycles. The van der Waals surface area contributed by atoms with E-state index in [1.54, 1.807) is 19.2 Å². The van der Waals surface area contributed by atoms with Crippen LogP contribution >= 0.6 is 0 Å². The molecule has 0 fully saturated rings. The van der Waals surface area contributed by atoms with Gasteiger partial charge in [0.05, 0.1) is 19.3 Å². The number of amides is 1. The second-order valence-electron chi connectivity index (χ2n) is 5.80. The minimum absolute atomic E-state index is 0.124. The Morgan fingerprint density at radius 3 is 2.76 bits per heavy atom. The van der Waals surface area contributed by atoms with Crippen LogP contribution in [0, 0.1) is 6.92 Å². The Hall–Kier alpha value is -2.93. The van der Waals surface area contributed by atoms with Gasteiger partial charge in [0.2, 0.25) is 0 Å². The van der Waals surface area contributed by atoms with Gasteiger partial charge >= 0.3 is 0 Å². The van der Waals surface area contributed by atoms with E-state index in [4.69, 9.17) is 4.52 Å². The molecule has 0 saturated heterocycles. The average Bonchev–Trinajstić information content (AvgIpc) is 3.24. The first kappa shape index (κ1) is 16.9. The fourth-order valence-electron chi connectivity index (χ4n) is 2.57. The van der Waals surface area contributed by atoms with Gasteiger partial charge < -0.3 is 14.5 Å². The van der Waals surface area contributed by atoms with Crippen LogP contribution in [0.2, 0.25) is 0 Å². The molecule has 25 heavy (non-hydrogen) atoms. The molecule has 0 atom stereocenters. The highest BCUT2D eigenvalue weighted by Crippen LogP contribution is 2.11. The average molecular weight is 340 g/mol. The highest BCUT2D eigenvalue weighted by molar-refractivity contribution is 5.92. The molecule has 7 nitrogen and oxygen atoms in total. The van der Waals surface area contributed by atoms with Crippen molar-refractivity contribution < 1.29 is 14.4 Å². The van der Waals surface area contributed by atoms with Gasteiger partial charge in [0.15, 0.2) is 5.69 Å². The monoisotopic (exact) mass is 340 g/mol. The summed E-state index contributed by atoms with van der Waals surface area (Å²) < 4.78 is 6.78. The van der Waals surface area contributed by atoms with Gasteiger partial charge in [-0.05, 0) is 12.5 Å². The van der Waals surface area contributed by atoms with E-state index in [-0.39, 0.29) is 24.8 Å². The first-order chi connectivity index (χ1) is 12.2. The second kappa shape index (κ2) is 7.76. The number of benzene rings is 1. The number of rotatable bonds is 7. The number of aliphatic hydroxyl groups is 1. The Balaban J connectivity index is 1.69. The van der Waals surface area contributed by atoms with Gasteiger partial charge in [0.25, 0.3) is 5.91 Å². The fourth-order valence-corrected chi connectivity index (χ4v) is 2.57. The molecule has 3 aromatic rings. The molecule has 1 amide bonds. The van der Waals surface area contributed by atoms with Crippen LogP contribution in [0.3, 0.4) is 0 Å². The Morgan fingerprint density at radius 1 is 1.28 bits per heavy atom. The second-order valence-corrected chi connectivity index (χ2v) is 5.80. The van der Waals surface area contributed by atoms with Gasteiger partial charge in [-0.2, -0.15) is 5.10 Å². The standard InChI is InChI=1S/C18H20N4O3/c1-14-9-17(20-25-14)18(24)21(7-8-23)11-16-10-19-22(13-16)12-15-5-3-2-4-6-15/h2-6,9-10,13,23H,7-8,11-12H2,1H3. The molecule has 1 aromatic carbocycles. The number of carbonyl (C=O) groups excluding carboxylic acids is 1. The number of carbonyl (C=O) groups is 1. The zero-order valence-electron chi connectivity index (χ0n) is 14.0. The summed E-state index contributed by atoms with van der Waals surface area (Å²) in [6.45, 7) is 2.83. The van der Waals surface area contributed by atoms with Crippen molar-refractivity contribution in [3.05, 3.63) is 71.4 Å². The van der Waals surface area contributed by atoms with E-state index in [0.29, 0.717) is 18.8 Å². The van der Waals surface area contributed by atoms with E-state index in [1.165, 1.54) is 4.90 Å². The van der Waals surface area contributed by atoms with Crippen molar-refractivity contribution in [3.63, 3.8) is 0 Å². The lowest BCUT2D eigenvalue weighted by atomic mass is 10.2. The summed E-state index contributed by atoms with van der Waals surface area (Å²) >= 11 is 0. The summed E-state index contributed by atoms with van der Waals surface area (Å²) in [5.41, 5.74) is 2.28. The predicted octanol–water partition coefficient (Wildman–Crippen LogP) is 1.86. The van der Waals surface area contributed by atoms with E-state index in [9.17, 15) is 9.90 Å². The van der Waals surface area contributed by atoms with Gasteiger partial charge in [-0.25, -0.2) is 0 Å². The van der Waals surface area contributed by atoms with Gasteiger partial charge in [-0.1, -0.05) is 35.5 Å². The quantitative estimate of drug-likeness (QED) is 0.710. The lowest BCUT2D eigenvalue weighted by Crippen LogP contribution is -2.33. The molecule has 2 heterocycles. The minimum Gasteiger partial charge on any atom is -0.395 e. The SMILES string of the molecule is Cc1cc(C(=O)N(CCO)Cc2cnn(Cc3ccccc3)c2)no1. The summed E-state index contributed by atoms with van der Waals surface area (Å²) in [7, 11) is 0. The van der Waals surface area contributed by atoms with Crippen molar-refractivity contribution in [2.24, 2.45) is 0 Å². The molecule has 0 spiro atoms. The van der Waals surface area contributed by atoms with Crippen LogP contribution in [0.25, 0.3) is 0 Å². The zero-order valence-corrected chi connectivity index (χ0v) is 14.0. The third-order valence-electron chi connectivity index (χ3n) is 3.75. The molecule has 1 N–H and O–H groups in total. The molecule has 0 aliphatic rings. The molecular formula is C18H20N4O3. The maximum Gasteiger partial charge on any atom is 0.276 e. The van der Waals surface area contributed by atoms with Crippen molar-refractivity contribution in [2.75, 3.05) is 13.2 Å². The Kier molecular flexibility index (Phi) is 5.25. The molecule has 3 rings (SSSR count). The van der Waals surface area contributed by atoms with Crippen LogP contribution in [0.4, 0.5) is 0 Å². The predicted molar refractivity (Wildman–Crippen MR) is 90.8 cm³/mol. The lowest BCUT2D eigenvalue weighted by molar-refractivity contribution is 0.0697. The van der Waals surface area contributed by atoms with Crippen molar-refractivity contribution >= 4 is 5.91 Å². The van der Waals surface area contributed by atoms with Gasteiger partial charge in [-0.15, -0.1) is 0 Å². The highest BCUT2D eigenvalue weighted by atomic mass is 16.5. The summed E-state index contributed by atoms with van der Waals surface area (Å²) in [6, 6.07) is 11.6. The van der Waals surface area contributed by atoms with Crippen LogP contribution in [0.1, 0.15) is 27.4 Å².